The minimum absolute atomic E-state index is 0.122. The van der Waals surface area contributed by atoms with E-state index in [-0.39, 0.29) is 17.5 Å². The molecule has 0 saturated heterocycles. The number of rotatable bonds is 10. The van der Waals surface area contributed by atoms with Crippen molar-refractivity contribution in [2.45, 2.75) is 17.1 Å². The molecule has 3 N–H and O–H groups in total. The Bertz CT molecular complexity index is 1780. The van der Waals surface area contributed by atoms with Crippen molar-refractivity contribution in [3.63, 3.8) is 0 Å². The van der Waals surface area contributed by atoms with E-state index in [0.29, 0.717) is 22.0 Å². The quantitative estimate of drug-likeness (QED) is 0.106. The zero-order chi connectivity index (χ0) is 30.9. The molecule has 0 bridgehead atoms. The van der Waals surface area contributed by atoms with Gasteiger partial charge in [-0.15, -0.1) is 23.1 Å². The first kappa shape index (κ1) is 30.8. The van der Waals surface area contributed by atoms with Crippen LogP contribution in [0, 0.1) is 6.92 Å². The summed E-state index contributed by atoms with van der Waals surface area (Å²) in [5.41, 5.74) is 3.42. The lowest BCUT2D eigenvalue weighted by Crippen LogP contribution is -2.30. The SMILES string of the molecule is Cc1c(Cl)cccc1NC(=O)C(Sc1ccc(NC(=O)/C(=C/c2cccs2)NC(=O)c2ccccc2)cc1)c1ccccc1. The summed E-state index contributed by atoms with van der Waals surface area (Å²) in [5.74, 6) is -1.02. The Morgan fingerprint density at radius 1 is 0.795 bits per heavy atom. The molecule has 0 radical (unpaired) electrons. The number of carbonyl (C=O) groups is 3. The van der Waals surface area contributed by atoms with Crippen LogP contribution in [0.3, 0.4) is 0 Å². The van der Waals surface area contributed by atoms with Gasteiger partial charge in [0.15, 0.2) is 0 Å². The summed E-state index contributed by atoms with van der Waals surface area (Å²) in [4.78, 5) is 41.3. The van der Waals surface area contributed by atoms with Gasteiger partial charge >= 0.3 is 0 Å². The van der Waals surface area contributed by atoms with E-state index in [9.17, 15) is 14.4 Å². The molecule has 9 heteroatoms. The fourth-order valence-corrected chi connectivity index (χ4v) is 6.11. The van der Waals surface area contributed by atoms with Crippen LogP contribution in [0.2, 0.25) is 5.02 Å². The molecular weight excluding hydrogens is 610 g/mol. The summed E-state index contributed by atoms with van der Waals surface area (Å²) in [6.07, 6.45) is 1.65. The summed E-state index contributed by atoms with van der Waals surface area (Å²) < 4.78 is 0. The van der Waals surface area contributed by atoms with Crippen LogP contribution in [0.5, 0.6) is 0 Å². The van der Waals surface area contributed by atoms with Crippen LogP contribution in [0.4, 0.5) is 11.4 Å². The molecule has 4 aromatic carbocycles. The zero-order valence-corrected chi connectivity index (χ0v) is 26.0. The Morgan fingerprint density at radius 2 is 1.50 bits per heavy atom. The summed E-state index contributed by atoms with van der Waals surface area (Å²) >= 11 is 9.13. The topological polar surface area (TPSA) is 87.3 Å². The molecule has 1 heterocycles. The highest BCUT2D eigenvalue weighted by atomic mass is 35.5. The van der Waals surface area contributed by atoms with Gasteiger partial charge in [0.2, 0.25) is 5.91 Å². The third-order valence-electron chi connectivity index (χ3n) is 6.59. The highest BCUT2D eigenvalue weighted by molar-refractivity contribution is 8.00. The number of benzene rings is 4. The molecule has 5 rings (SSSR count). The molecule has 0 spiro atoms. The van der Waals surface area contributed by atoms with Gasteiger partial charge in [0.1, 0.15) is 10.9 Å². The smallest absolute Gasteiger partial charge is 0.272 e. The molecule has 0 aliphatic carbocycles. The molecule has 6 nitrogen and oxygen atoms in total. The van der Waals surface area contributed by atoms with Crippen molar-refractivity contribution in [3.8, 4) is 0 Å². The van der Waals surface area contributed by atoms with Gasteiger partial charge in [-0.25, -0.2) is 0 Å². The van der Waals surface area contributed by atoms with Gasteiger partial charge in [-0.1, -0.05) is 72.3 Å². The average molecular weight is 638 g/mol. The number of nitrogens with one attached hydrogen (secondary N) is 3. The van der Waals surface area contributed by atoms with Gasteiger partial charge < -0.3 is 16.0 Å². The molecule has 220 valence electrons. The number of carbonyl (C=O) groups excluding carboxylic acids is 3. The van der Waals surface area contributed by atoms with Crippen LogP contribution in [-0.4, -0.2) is 17.7 Å². The summed E-state index contributed by atoms with van der Waals surface area (Å²) in [7, 11) is 0. The van der Waals surface area contributed by atoms with Gasteiger partial charge in [-0.2, -0.15) is 0 Å². The summed E-state index contributed by atoms with van der Waals surface area (Å²) in [6.45, 7) is 1.86. The summed E-state index contributed by atoms with van der Waals surface area (Å²) in [5, 5.41) is 10.6. The number of thiophene rings is 1. The second-order valence-electron chi connectivity index (χ2n) is 9.68. The van der Waals surface area contributed by atoms with E-state index in [1.54, 1.807) is 54.6 Å². The molecule has 1 aromatic heterocycles. The number of amides is 3. The minimum Gasteiger partial charge on any atom is -0.325 e. The maximum atomic E-state index is 13.5. The molecule has 44 heavy (non-hydrogen) atoms. The molecule has 1 atom stereocenters. The van der Waals surface area contributed by atoms with Gasteiger partial charge in [0, 0.05) is 31.7 Å². The largest absolute Gasteiger partial charge is 0.325 e. The maximum absolute atomic E-state index is 13.5. The Kier molecular flexibility index (Phi) is 10.3. The Morgan fingerprint density at radius 3 is 2.18 bits per heavy atom. The number of thioether (sulfide) groups is 1. The molecule has 0 aliphatic heterocycles. The second kappa shape index (κ2) is 14.7. The second-order valence-corrected chi connectivity index (χ2v) is 12.2. The van der Waals surface area contributed by atoms with Crippen molar-refractivity contribution in [3.05, 3.63) is 153 Å². The van der Waals surface area contributed by atoms with E-state index in [4.69, 9.17) is 11.6 Å². The number of anilines is 2. The van der Waals surface area contributed by atoms with E-state index in [1.165, 1.54) is 23.1 Å². The summed E-state index contributed by atoms with van der Waals surface area (Å²) in [6, 6.07) is 34.7. The van der Waals surface area contributed by atoms with E-state index >= 15 is 0 Å². The van der Waals surface area contributed by atoms with Crippen molar-refractivity contribution in [1.82, 2.24) is 5.32 Å². The van der Waals surface area contributed by atoms with Crippen LogP contribution < -0.4 is 16.0 Å². The minimum atomic E-state index is -0.538. The third kappa shape index (κ3) is 8.05. The van der Waals surface area contributed by atoms with E-state index in [1.807, 2.05) is 79.0 Å². The standard InChI is InChI=1S/C35H28ClN3O3S2/c1-23-29(36)15-8-16-30(23)38-35(42)32(24-10-4-2-5-11-24)44-27-19-17-26(18-20-27)37-34(41)31(22-28-14-9-21-43-28)39-33(40)25-12-6-3-7-13-25/h2-22,32H,1H3,(H,37,41)(H,38,42)(H,39,40)/b31-22-. The average Bonchev–Trinajstić information content (AvgIpc) is 3.56. The number of hydrogen-bond donors (Lipinski definition) is 3. The first-order valence-electron chi connectivity index (χ1n) is 13.7. The Balaban J connectivity index is 1.31. The highest BCUT2D eigenvalue weighted by Crippen LogP contribution is 2.37. The number of halogens is 1. The Hall–Kier alpha value is -4.63. The highest BCUT2D eigenvalue weighted by Gasteiger charge is 2.23. The van der Waals surface area contributed by atoms with E-state index in [2.05, 4.69) is 16.0 Å². The monoisotopic (exact) mass is 637 g/mol. The van der Waals surface area contributed by atoms with Crippen LogP contribution in [-0.2, 0) is 9.59 Å². The molecule has 3 amide bonds. The number of hydrogen-bond acceptors (Lipinski definition) is 5. The Labute approximate surface area is 269 Å². The van der Waals surface area contributed by atoms with Gasteiger partial charge in [-0.3, -0.25) is 14.4 Å². The van der Waals surface area contributed by atoms with Crippen molar-refractivity contribution < 1.29 is 14.4 Å². The first-order valence-corrected chi connectivity index (χ1v) is 15.8. The van der Waals surface area contributed by atoms with E-state index in [0.717, 1.165) is 20.9 Å². The van der Waals surface area contributed by atoms with Crippen molar-refractivity contribution in [2.24, 2.45) is 0 Å². The molecule has 0 fully saturated rings. The zero-order valence-electron chi connectivity index (χ0n) is 23.6. The lowest BCUT2D eigenvalue weighted by atomic mass is 10.1. The normalized spacial score (nSPS) is 11.8. The van der Waals surface area contributed by atoms with Crippen LogP contribution in [0.1, 0.15) is 31.6 Å². The molecular formula is C35H28ClN3O3S2. The van der Waals surface area contributed by atoms with Crippen LogP contribution in [0.25, 0.3) is 6.08 Å². The predicted molar refractivity (Wildman–Crippen MR) is 181 cm³/mol. The molecule has 5 aromatic rings. The fraction of sp³-hybridized carbons (Fsp3) is 0.0571. The van der Waals surface area contributed by atoms with Crippen LogP contribution in [0.15, 0.2) is 131 Å². The maximum Gasteiger partial charge on any atom is 0.272 e. The van der Waals surface area contributed by atoms with Gasteiger partial charge in [0.05, 0.1) is 0 Å². The van der Waals surface area contributed by atoms with Crippen molar-refractivity contribution >= 4 is 69.9 Å². The predicted octanol–water partition coefficient (Wildman–Crippen LogP) is 8.59. The van der Waals surface area contributed by atoms with Crippen molar-refractivity contribution in [2.75, 3.05) is 10.6 Å². The van der Waals surface area contributed by atoms with Crippen LogP contribution >= 0.6 is 34.7 Å². The molecule has 0 saturated carbocycles. The lowest BCUT2D eigenvalue weighted by Gasteiger charge is -2.18. The molecule has 0 aliphatic rings. The first-order chi connectivity index (χ1) is 21.4. The lowest BCUT2D eigenvalue weighted by molar-refractivity contribution is -0.116. The van der Waals surface area contributed by atoms with Gasteiger partial charge in [0.25, 0.3) is 11.8 Å². The van der Waals surface area contributed by atoms with Crippen molar-refractivity contribution in [1.29, 1.82) is 0 Å². The fourth-order valence-electron chi connectivity index (χ4n) is 4.25. The van der Waals surface area contributed by atoms with Gasteiger partial charge in [-0.05, 0) is 84.1 Å². The third-order valence-corrected chi connectivity index (χ3v) is 9.09. The molecule has 1 unspecified atom stereocenters. The van der Waals surface area contributed by atoms with E-state index < -0.39 is 11.2 Å².